The number of aromatic amines is 1. The van der Waals surface area contributed by atoms with E-state index in [2.05, 4.69) is 28.4 Å². The summed E-state index contributed by atoms with van der Waals surface area (Å²) in [4.78, 5) is 7.32. The van der Waals surface area contributed by atoms with Gasteiger partial charge in [-0.25, -0.2) is 0 Å². The summed E-state index contributed by atoms with van der Waals surface area (Å²) in [6.45, 7) is 4.47. The smallest absolute Gasteiger partial charge is 0.178 e. The maximum absolute atomic E-state index is 5.39. The molecule has 0 aliphatic rings. The SMILES string of the molecule is CCCCCC(C)n1c(=S)[nH]c2cnccc21. The molecule has 2 rings (SSSR count). The van der Waals surface area contributed by atoms with E-state index in [1.54, 1.807) is 0 Å². The highest BCUT2D eigenvalue weighted by molar-refractivity contribution is 7.71. The van der Waals surface area contributed by atoms with Gasteiger partial charge in [0.1, 0.15) is 0 Å². The molecule has 3 nitrogen and oxygen atoms in total. The van der Waals surface area contributed by atoms with E-state index in [1.807, 2.05) is 18.5 Å². The lowest BCUT2D eigenvalue weighted by Crippen LogP contribution is -2.05. The van der Waals surface area contributed by atoms with E-state index >= 15 is 0 Å². The highest BCUT2D eigenvalue weighted by Gasteiger charge is 2.10. The number of aromatic nitrogens is 3. The van der Waals surface area contributed by atoms with Gasteiger partial charge in [-0.3, -0.25) is 4.98 Å². The van der Waals surface area contributed by atoms with Crippen LogP contribution in [0.4, 0.5) is 0 Å². The van der Waals surface area contributed by atoms with Gasteiger partial charge in [0.2, 0.25) is 0 Å². The molecule has 17 heavy (non-hydrogen) atoms. The summed E-state index contributed by atoms with van der Waals surface area (Å²) >= 11 is 5.39. The first-order chi connectivity index (χ1) is 8.24. The van der Waals surface area contributed by atoms with Crippen LogP contribution in [0.25, 0.3) is 11.0 Å². The van der Waals surface area contributed by atoms with E-state index in [9.17, 15) is 0 Å². The molecule has 1 unspecified atom stereocenters. The van der Waals surface area contributed by atoms with Crippen molar-refractivity contribution < 1.29 is 0 Å². The van der Waals surface area contributed by atoms with Crippen LogP contribution in [0.3, 0.4) is 0 Å². The van der Waals surface area contributed by atoms with Crippen molar-refractivity contribution >= 4 is 23.3 Å². The average molecular weight is 249 g/mol. The first-order valence-corrected chi connectivity index (χ1v) is 6.69. The number of nitrogens with zero attached hydrogens (tertiary/aromatic N) is 2. The Morgan fingerprint density at radius 2 is 2.29 bits per heavy atom. The van der Waals surface area contributed by atoms with Crippen LogP contribution < -0.4 is 0 Å². The summed E-state index contributed by atoms with van der Waals surface area (Å²) < 4.78 is 3.01. The lowest BCUT2D eigenvalue weighted by atomic mass is 10.1. The zero-order valence-corrected chi connectivity index (χ0v) is 11.3. The molecule has 0 bridgehead atoms. The second kappa shape index (κ2) is 5.45. The number of nitrogens with one attached hydrogen (secondary N) is 1. The number of unbranched alkanes of at least 4 members (excludes halogenated alkanes) is 2. The van der Waals surface area contributed by atoms with Crippen molar-refractivity contribution in [3.63, 3.8) is 0 Å². The maximum Gasteiger partial charge on any atom is 0.178 e. The number of H-pyrrole nitrogens is 1. The van der Waals surface area contributed by atoms with Gasteiger partial charge in [0, 0.05) is 12.2 Å². The van der Waals surface area contributed by atoms with Crippen molar-refractivity contribution in [1.29, 1.82) is 0 Å². The Morgan fingerprint density at radius 1 is 1.47 bits per heavy atom. The molecule has 1 N–H and O–H groups in total. The molecule has 0 fully saturated rings. The van der Waals surface area contributed by atoms with E-state index in [1.165, 1.54) is 25.7 Å². The van der Waals surface area contributed by atoms with E-state index in [4.69, 9.17) is 12.2 Å². The standard InChI is InChI=1S/C13H19N3S/c1-3-4-5-6-10(2)16-12-7-8-14-9-11(12)15-13(16)17/h7-10H,3-6H2,1-2H3,(H,15,17). The molecule has 0 aromatic carbocycles. The molecule has 2 aromatic rings. The quantitative estimate of drug-likeness (QED) is 0.635. The maximum atomic E-state index is 5.39. The van der Waals surface area contributed by atoms with Gasteiger partial charge in [-0.15, -0.1) is 0 Å². The van der Waals surface area contributed by atoms with Crippen molar-refractivity contribution in [2.75, 3.05) is 0 Å². The molecule has 4 heteroatoms. The Hall–Kier alpha value is -1.16. The molecule has 0 radical (unpaired) electrons. The lowest BCUT2D eigenvalue weighted by Gasteiger charge is -2.14. The molecule has 2 heterocycles. The van der Waals surface area contributed by atoms with Crippen molar-refractivity contribution in [3.8, 4) is 0 Å². The number of hydrogen-bond donors (Lipinski definition) is 1. The zero-order valence-electron chi connectivity index (χ0n) is 10.4. The van der Waals surface area contributed by atoms with Crippen LogP contribution in [-0.2, 0) is 0 Å². The van der Waals surface area contributed by atoms with Gasteiger partial charge in [0.25, 0.3) is 0 Å². The monoisotopic (exact) mass is 249 g/mol. The summed E-state index contributed by atoms with van der Waals surface area (Å²) in [6.07, 6.45) is 8.65. The molecule has 1 atom stereocenters. The molecule has 2 aromatic heterocycles. The Kier molecular flexibility index (Phi) is 3.94. The fourth-order valence-electron chi connectivity index (χ4n) is 2.23. The predicted octanol–water partition coefficient (Wildman–Crippen LogP) is 4.24. The molecule has 0 amide bonds. The van der Waals surface area contributed by atoms with Gasteiger partial charge in [-0.2, -0.15) is 0 Å². The summed E-state index contributed by atoms with van der Waals surface area (Å²) in [5, 5.41) is 0. The Balaban J connectivity index is 2.28. The summed E-state index contributed by atoms with van der Waals surface area (Å²) in [5.74, 6) is 0. The summed E-state index contributed by atoms with van der Waals surface area (Å²) in [5.41, 5.74) is 2.19. The van der Waals surface area contributed by atoms with Crippen LogP contribution in [0.15, 0.2) is 18.5 Å². The van der Waals surface area contributed by atoms with Crippen molar-refractivity contribution in [1.82, 2.24) is 14.5 Å². The zero-order chi connectivity index (χ0) is 12.3. The molecule has 0 aliphatic heterocycles. The van der Waals surface area contributed by atoms with Crippen LogP contribution in [0, 0.1) is 4.77 Å². The fraction of sp³-hybridized carbons (Fsp3) is 0.538. The van der Waals surface area contributed by atoms with Crippen molar-refractivity contribution in [2.24, 2.45) is 0 Å². The molecule has 0 aliphatic carbocycles. The van der Waals surface area contributed by atoms with E-state index in [0.29, 0.717) is 6.04 Å². The highest BCUT2D eigenvalue weighted by Crippen LogP contribution is 2.22. The highest BCUT2D eigenvalue weighted by atomic mass is 32.1. The Bertz CT molecular complexity index is 541. The number of imidazole rings is 1. The fourth-order valence-corrected chi connectivity index (χ4v) is 2.62. The predicted molar refractivity (Wildman–Crippen MR) is 73.8 cm³/mol. The number of hydrogen-bond acceptors (Lipinski definition) is 2. The third-order valence-corrected chi connectivity index (χ3v) is 3.48. The van der Waals surface area contributed by atoms with Gasteiger partial charge in [0.05, 0.1) is 17.2 Å². The van der Waals surface area contributed by atoms with Crippen LogP contribution in [0.2, 0.25) is 0 Å². The first-order valence-electron chi connectivity index (χ1n) is 6.28. The number of fused-ring (bicyclic) bond motifs is 1. The Labute approximate surface area is 107 Å². The molecule has 0 spiro atoms. The third-order valence-electron chi connectivity index (χ3n) is 3.18. The normalized spacial score (nSPS) is 13.1. The number of pyridine rings is 1. The molecule has 0 saturated heterocycles. The second-order valence-corrected chi connectivity index (χ2v) is 4.92. The van der Waals surface area contributed by atoms with Crippen LogP contribution in [0.5, 0.6) is 0 Å². The minimum atomic E-state index is 0.449. The molecule has 0 saturated carbocycles. The van der Waals surface area contributed by atoms with Gasteiger partial charge in [0.15, 0.2) is 4.77 Å². The van der Waals surface area contributed by atoms with E-state index in [-0.39, 0.29) is 0 Å². The third kappa shape index (κ3) is 2.57. The van der Waals surface area contributed by atoms with E-state index < -0.39 is 0 Å². The van der Waals surface area contributed by atoms with Crippen molar-refractivity contribution in [3.05, 3.63) is 23.2 Å². The molecule has 92 valence electrons. The summed E-state index contributed by atoms with van der Waals surface area (Å²) in [7, 11) is 0. The topological polar surface area (TPSA) is 33.6 Å². The average Bonchev–Trinajstić information content (AvgIpc) is 2.65. The largest absolute Gasteiger partial charge is 0.329 e. The second-order valence-electron chi connectivity index (χ2n) is 4.54. The van der Waals surface area contributed by atoms with Crippen LogP contribution in [0.1, 0.15) is 45.6 Å². The Morgan fingerprint density at radius 3 is 3.06 bits per heavy atom. The van der Waals surface area contributed by atoms with E-state index in [0.717, 1.165) is 15.8 Å². The lowest BCUT2D eigenvalue weighted by molar-refractivity contribution is 0.483. The van der Waals surface area contributed by atoms with Gasteiger partial charge in [-0.1, -0.05) is 26.2 Å². The molecular formula is C13H19N3S. The van der Waals surface area contributed by atoms with Crippen molar-refractivity contribution in [2.45, 2.75) is 45.6 Å². The first kappa shape index (κ1) is 12.3. The molecular weight excluding hydrogens is 230 g/mol. The van der Waals surface area contributed by atoms with Crippen LogP contribution in [-0.4, -0.2) is 14.5 Å². The van der Waals surface area contributed by atoms with Gasteiger partial charge < -0.3 is 9.55 Å². The summed E-state index contributed by atoms with van der Waals surface area (Å²) in [6, 6.07) is 2.48. The van der Waals surface area contributed by atoms with Gasteiger partial charge >= 0.3 is 0 Å². The number of rotatable bonds is 5. The minimum absolute atomic E-state index is 0.449. The minimum Gasteiger partial charge on any atom is -0.329 e. The van der Waals surface area contributed by atoms with Gasteiger partial charge in [-0.05, 0) is 31.6 Å². The van der Waals surface area contributed by atoms with Crippen LogP contribution >= 0.6 is 12.2 Å².